The molecule has 0 N–H and O–H groups in total. The lowest BCUT2D eigenvalue weighted by atomic mass is 10.0. The summed E-state index contributed by atoms with van der Waals surface area (Å²) in [7, 11) is 0. The van der Waals surface area contributed by atoms with Crippen LogP contribution in [0.1, 0.15) is 47.0 Å². The number of ether oxygens (including phenoxy) is 1. The summed E-state index contributed by atoms with van der Waals surface area (Å²) in [5, 5.41) is 0. The van der Waals surface area contributed by atoms with Gasteiger partial charge in [0.2, 0.25) is 0 Å². The molecule has 0 aromatic heterocycles. The molecule has 0 aromatic rings. The number of allylic oxidation sites excluding steroid dienone is 1. The molecule has 0 aliphatic heterocycles. The Kier molecular flexibility index (Phi) is 7.31. The van der Waals surface area contributed by atoms with E-state index in [9.17, 15) is 4.79 Å². The summed E-state index contributed by atoms with van der Waals surface area (Å²) in [5.74, 6) is 0.386. The van der Waals surface area contributed by atoms with Gasteiger partial charge in [0.15, 0.2) is 0 Å². The van der Waals surface area contributed by atoms with E-state index in [-0.39, 0.29) is 23.9 Å². The number of Topliss-reactive ketones (excluding diaryl/α,β-unsaturated/α-hetero) is 1. The van der Waals surface area contributed by atoms with Crippen molar-refractivity contribution >= 4 is 5.78 Å². The van der Waals surface area contributed by atoms with Crippen LogP contribution in [0.15, 0.2) is 12.7 Å². The summed E-state index contributed by atoms with van der Waals surface area (Å²) in [6.07, 6.45) is 4.43. The molecule has 15 heavy (non-hydrogen) atoms. The van der Waals surface area contributed by atoms with Gasteiger partial charge in [0.25, 0.3) is 0 Å². The zero-order valence-corrected chi connectivity index (χ0v) is 10.5. The second kappa shape index (κ2) is 7.63. The Bertz CT molecular complexity index is 195. The number of rotatable bonds is 8. The molecule has 1 atom stereocenters. The molecule has 0 saturated carbocycles. The highest BCUT2D eigenvalue weighted by Gasteiger charge is 2.17. The van der Waals surface area contributed by atoms with Gasteiger partial charge >= 0.3 is 0 Å². The van der Waals surface area contributed by atoms with Crippen LogP contribution < -0.4 is 0 Å². The third-order valence-electron chi connectivity index (χ3n) is 2.23. The molecule has 2 nitrogen and oxygen atoms in total. The van der Waals surface area contributed by atoms with Gasteiger partial charge in [-0.3, -0.25) is 4.79 Å². The van der Waals surface area contributed by atoms with Crippen LogP contribution in [-0.4, -0.2) is 18.0 Å². The molecule has 2 heteroatoms. The smallest absolute Gasteiger partial charge is 0.138 e. The fourth-order valence-corrected chi connectivity index (χ4v) is 1.37. The van der Waals surface area contributed by atoms with Crippen LogP contribution in [0.4, 0.5) is 0 Å². The maximum absolute atomic E-state index is 11.6. The first-order chi connectivity index (χ1) is 6.97. The first-order valence-corrected chi connectivity index (χ1v) is 5.76. The zero-order valence-electron chi connectivity index (χ0n) is 10.5. The minimum atomic E-state index is 0.0536. The molecule has 0 aliphatic carbocycles. The Morgan fingerprint density at radius 3 is 2.33 bits per heavy atom. The van der Waals surface area contributed by atoms with Gasteiger partial charge in [-0.2, -0.15) is 0 Å². The van der Waals surface area contributed by atoms with Crippen LogP contribution in [0.5, 0.6) is 0 Å². The molecule has 0 rings (SSSR count). The average molecular weight is 212 g/mol. The van der Waals surface area contributed by atoms with Crippen molar-refractivity contribution in [2.45, 2.75) is 59.2 Å². The minimum absolute atomic E-state index is 0.0536. The van der Waals surface area contributed by atoms with Crippen LogP contribution in [0.3, 0.4) is 0 Å². The normalized spacial score (nSPS) is 13.2. The van der Waals surface area contributed by atoms with Gasteiger partial charge in [-0.1, -0.05) is 19.9 Å². The van der Waals surface area contributed by atoms with E-state index in [4.69, 9.17) is 4.74 Å². The molecule has 0 aromatic carbocycles. The van der Waals surface area contributed by atoms with Crippen LogP contribution in [0, 0.1) is 5.92 Å². The van der Waals surface area contributed by atoms with Gasteiger partial charge in [0, 0.05) is 12.3 Å². The number of carbonyl (C=O) groups excluding carboxylic acids is 1. The fourth-order valence-electron chi connectivity index (χ4n) is 1.37. The standard InChI is InChI=1S/C13H24O2/c1-6-7-8-12(15-11(4)5)9-13(14)10(2)3/h6,10-12H,1,7-9H2,2-5H3. The van der Waals surface area contributed by atoms with E-state index < -0.39 is 0 Å². The van der Waals surface area contributed by atoms with E-state index in [2.05, 4.69) is 6.58 Å². The van der Waals surface area contributed by atoms with Crippen LogP contribution >= 0.6 is 0 Å². The summed E-state index contributed by atoms with van der Waals surface area (Å²) in [4.78, 5) is 11.6. The lowest BCUT2D eigenvalue weighted by Crippen LogP contribution is -2.23. The van der Waals surface area contributed by atoms with Crippen LogP contribution in [-0.2, 0) is 9.53 Å². The lowest BCUT2D eigenvalue weighted by Gasteiger charge is -2.20. The first-order valence-electron chi connectivity index (χ1n) is 5.76. The van der Waals surface area contributed by atoms with Gasteiger partial charge in [0.05, 0.1) is 12.2 Å². The molecule has 0 saturated heterocycles. The fraction of sp³-hybridized carbons (Fsp3) is 0.769. The molecule has 0 heterocycles. The summed E-state index contributed by atoms with van der Waals surface area (Å²) in [6.45, 7) is 11.6. The molecule has 0 spiro atoms. The quantitative estimate of drug-likeness (QED) is 0.577. The van der Waals surface area contributed by atoms with Gasteiger partial charge in [0.1, 0.15) is 5.78 Å². The van der Waals surface area contributed by atoms with Crippen LogP contribution in [0.2, 0.25) is 0 Å². The molecule has 0 radical (unpaired) electrons. The van der Waals surface area contributed by atoms with E-state index in [0.717, 1.165) is 12.8 Å². The van der Waals surface area contributed by atoms with Crippen molar-refractivity contribution in [1.29, 1.82) is 0 Å². The molecular formula is C13H24O2. The van der Waals surface area contributed by atoms with Gasteiger partial charge in [-0.15, -0.1) is 6.58 Å². The van der Waals surface area contributed by atoms with E-state index in [1.54, 1.807) is 0 Å². The third kappa shape index (κ3) is 7.32. The summed E-state index contributed by atoms with van der Waals surface area (Å²) < 4.78 is 5.70. The Hall–Kier alpha value is -0.630. The molecule has 0 fully saturated rings. The number of hydrogen-bond donors (Lipinski definition) is 0. The van der Waals surface area contributed by atoms with Gasteiger partial charge in [-0.25, -0.2) is 0 Å². The van der Waals surface area contributed by atoms with E-state index in [1.165, 1.54) is 0 Å². The van der Waals surface area contributed by atoms with Crippen molar-refractivity contribution in [3.8, 4) is 0 Å². The number of hydrogen-bond acceptors (Lipinski definition) is 2. The predicted molar refractivity (Wildman–Crippen MR) is 63.9 cm³/mol. The number of carbonyl (C=O) groups is 1. The maximum Gasteiger partial charge on any atom is 0.138 e. The lowest BCUT2D eigenvalue weighted by molar-refractivity contribution is -0.125. The third-order valence-corrected chi connectivity index (χ3v) is 2.23. The summed E-state index contributed by atoms with van der Waals surface area (Å²) in [6, 6.07) is 0. The molecule has 1 unspecified atom stereocenters. The first kappa shape index (κ1) is 14.4. The predicted octanol–water partition coefficient (Wildman–Crippen LogP) is 3.36. The van der Waals surface area contributed by atoms with E-state index in [1.807, 2.05) is 33.8 Å². The molecule has 0 bridgehead atoms. The average Bonchev–Trinajstić information content (AvgIpc) is 2.13. The highest BCUT2D eigenvalue weighted by atomic mass is 16.5. The van der Waals surface area contributed by atoms with Crippen molar-refractivity contribution in [2.24, 2.45) is 5.92 Å². The highest BCUT2D eigenvalue weighted by molar-refractivity contribution is 5.80. The molecular weight excluding hydrogens is 188 g/mol. The Morgan fingerprint density at radius 1 is 1.33 bits per heavy atom. The van der Waals surface area contributed by atoms with Crippen LogP contribution in [0.25, 0.3) is 0 Å². The maximum atomic E-state index is 11.6. The molecule has 88 valence electrons. The molecule has 0 amide bonds. The van der Waals surface area contributed by atoms with Gasteiger partial charge < -0.3 is 4.74 Å². The van der Waals surface area contributed by atoms with Crippen molar-refractivity contribution in [3.63, 3.8) is 0 Å². The second-order valence-electron chi connectivity index (χ2n) is 4.50. The summed E-state index contributed by atoms with van der Waals surface area (Å²) >= 11 is 0. The minimum Gasteiger partial charge on any atom is -0.375 e. The largest absolute Gasteiger partial charge is 0.375 e. The SMILES string of the molecule is C=CCCC(CC(=O)C(C)C)OC(C)C. The summed E-state index contributed by atoms with van der Waals surface area (Å²) in [5.41, 5.74) is 0. The van der Waals surface area contributed by atoms with E-state index >= 15 is 0 Å². The number of ketones is 1. The van der Waals surface area contributed by atoms with Gasteiger partial charge in [-0.05, 0) is 26.7 Å². The Labute approximate surface area is 93.7 Å². The van der Waals surface area contributed by atoms with Crippen molar-refractivity contribution in [1.82, 2.24) is 0 Å². The monoisotopic (exact) mass is 212 g/mol. The second-order valence-corrected chi connectivity index (χ2v) is 4.50. The molecule has 0 aliphatic rings. The zero-order chi connectivity index (χ0) is 11.8. The highest BCUT2D eigenvalue weighted by Crippen LogP contribution is 2.13. The topological polar surface area (TPSA) is 26.3 Å². The Morgan fingerprint density at radius 2 is 1.93 bits per heavy atom. The van der Waals surface area contributed by atoms with Crippen molar-refractivity contribution in [3.05, 3.63) is 12.7 Å². The van der Waals surface area contributed by atoms with Crippen molar-refractivity contribution in [2.75, 3.05) is 0 Å². The Balaban J connectivity index is 4.10. The van der Waals surface area contributed by atoms with Crippen molar-refractivity contribution < 1.29 is 9.53 Å². The van der Waals surface area contributed by atoms with E-state index in [0.29, 0.717) is 6.42 Å².